The summed E-state index contributed by atoms with van der Waals surface area (Å²) in [6.07, 6.45) is 3.82. The van der Waals surface area contributed by atoms with E-state index in [2.05, 4.69) is 25.0 Å². The first kappa shape index (κ1) is 24.2. The van der Waals surface area contributed by atoms with Crippen LogP contribution in [0.4, 0.5) is 8.78 Å². The van der Waals surface area contributed by atoms with E-state index in [1.165, 1.54) is 17.1 Å². The highest BCUT2D eigenvalue weighted by Crippen LogP contribution is 2.31. The Hall–Kier alpha value is -3.97. The number of pyridine rings is 1. The number of alkyl halides is 2. The summed E-state index contributed by atoms with van der Waals surface area (Å²) in [4.78, 5) is 26.2. The van der Waals surface area contributed by atoms with Crippen molar-refractivity contribution in [3.05, 3.63) is 43.0 Å². The number of aromatic amines is 1. The summed E-state index contributed by atoms with van der Waals surface area (Å²) >= 11 is 0. The molecular formula is C22H22F2N6O5. The molecule has 184 valence electrons. The van der Waals surface area contributed by atoms with E-state index in [1.807, 2.05) is 12.1 Å². The maximum atomic E-state index is 13.0. The number of H-pyrrole nitrogens is 1. The standard InChI is InChI=1S/C22H22F2N6O5/c23-18(24)12-30-11-16(20(29-30)15-9-14-1-3-25-21(14)27-10-15)17-2-4-26-22(28-17)35-8-7-33-5-6-34-13-19(31)32/h1-4,9-11,18H,5-8,12-13H2,(H,25,27)(H,31,32). The van der Waals surface area contributed by atoms with Gasteiger partial charge in [-0.25, -0.2) is 23.5 Å². The minimum absolute atomic E-state index is 0.0833. The lowest BCUT2D eigenvalue weighted by molar-refractivity contribution is -0.142. The van der Waals surface area contributed by atoms with Gasteiger partial charge in [-0.15, -0.1) is 0 Å². The number of fused-ring (bicyclic) bond motifs is 1. The summed E-state index contributed by atoms with van der Waals surface area (Å²) in [5.41, 5.74) is 2.79. The number of nitrogens with one attached hydrogen (secondary N) is 1. The number of hydrogen-bond acceptors (Lipinski definition) is 8. The predicted molar refractivity (Wildman–Crippen MR) is 119 cm³/mol. The Balaban J connectivity index is 1.46. The van der Waals surface area contributed by atoms with Gasteiger partial charge < -0.3 is 24.3 Å². The van der Waals surface area contributed by atoms with Gasteiger partial charge in [0.1, 0.15) is 31.1 Å². The van der Waals surface area contributed by atoms with Gasteiger partial charge in [0.2, 0.25) is 0 Å². The van der Waals surface area contributed by atoms with E-state index in [1.54, 1.807) is 18.5 Å². The molecule has 0 radical (unpaired) electrons. The average Bonchev–Trinajstić information content (AvgIpc) is 3.47. The number of rotatable bonds is 13. The number of carboxylic acid groups (broad SMARTS) is 1. The van der Waals surface area contributed by atoms with Crippen LogP contribution >= 0.6 is 0 Å². The van der Waals surface area contributed by atoms with Gasteiger partial charge in [0.25, 0.3) is 6.43 Å². The topological polar surface area (TPSA) is 137 Å². The van der Waals surface area contributed by atoms with Crippen LogP contribution in [0.3, 0.4) is 0 Å². The molecule has 4 rings (SSSR count). The van der Waals surface area contributed by atoms with Crippen LogP contribution in [0.25, 0.3) is 33.5 Å². The van der Waals surface area contributed by atoms with Gasteiger partial charge >= 0.3 is 12.0 Å². The lowest BCUT2D eigenvalue weighted by Gasteiger charge is -2.07. The number of aromatic nitrogens is 6. The van der Waals surface area contributed by atoms with Crippen LogP contribution in [0.2, 0.25) is 0 Å². The zero-order valence-electron chi connectivity index (χ0n) is 18.4. The molecule has 4 aromatic rings. The summed E-state index contributed by atoms with van der Waals surface area (Å²) in [7, 11) is 0. The quantitative estimate of drug-likeness (QED) is 0.272. The largest absolute Gasteiger partial charge is 0.480 e. The van der Waals surface area contributed by atoms with Gasteiger partial charge in [-0.2, -0.15) is 10.1 Å². The molecule has 0 saturated heterocycles. The third-order valence-electron chi connectivity index (χ3n) is 4.73. The SMILES string of the molecule is O=C(O)COCCOCCOc1nccc(-c2cn(CC(F)F)nc2-c2cnc3[nH]ccc3c2)n1. The van der Waals surface area contributed by atoms with Gasteiger partial charge in [-0.3, -0.25) is 4.68 Å². The molecule has 4 aromatic heterocycles. The second-order valence-electron chi connectivity index (χ2n) is 7.28. The number of hydrogen-bond donors (Lipinski definition) is 2. The zero-order valence-corrected chi connectivity index (χ0v) is 18.4. The van der Waals surface area contributed by atoms with Crippen LogP contribution in [0.15, 0.2) is 43.0 Å². The number of ether oxygens (including phenoxy) is 3. The third kappa shape index (κ3) is 6.55. The van der Waals surface area contributed by atoms with E-state index in [0.717, 1.165) is 5.39 Å². The zero-order chi connectivity index (χ0) is 24.6. The first-order chi connectivity index (χ1) is 17.0. The number of halogens is 2. The molecule has 0 bridgehead atoms. The summed E-state index contributed by atoms with van der Waals surface area (Å²) in [6, 6.07) is 5.45. The third-order valence-corrected chi connectivity index (χ3v) is 4.73. The van der Waals surface area contributed by atoms with E-state index >= 15 is 0 Å². The molecule has 0 amide bonds. The molecule has 2 N–H and O–H groups in total. The molecule has 0 aliphatic carbocycles. The summed E-state index contributed by atoms with van der Waals surface area (Å²) in [5, 5.41) is 13.7. The highest BCUT2D eigenvalue weighted by Gasteiger charge is 2.18. The lowest BCUT2D eigenvalue weighted by Crippen LogP contribution is -2.14. The molecular weight excluding hydrogens is 466 g/mol. The minimum atomic E-state index is -2.57. The van der Waals surface area contributed by atoms with Crippen molar-refractivity contribution in [1.29, 1.82) is 0 Å². The van der Waals surface area contributed by atoms with E-state index in [9.17, 15) is 13.6 Å². The van der Waals surface area contributed by atoms with Gasteiger partial charge in [-0.05, 0) is 18.2 Å². The van der Waals surface area contributed by atoms with Gasteiger partial charge in [-0.1, -0.05) is 0 Å². The Kier molecular flexibility index (Phi) is 7.90. The van der Waals surface area contributed by atoms with Crippen LogP contribution in [0.1, 0.15) is 0 Å². The fourth-order valence-corrected chi connectivity index (χ4v) is 3.26. The molecule has 0 unspecified atom stereocenters. The molecule has 11 nitrogen and oxygen atoms in total. The Morgan fingerprint density at radius 1 is 1.14 bits per heavy atom. The molecule has 0 spiro atoms. The molecule has 4 heterocycles. The highest BCUT2D eigenvalue weighted by molar-refractivity contribution is 5.85. The molecule has 0 fully saturated rings. The van der Waals surface area contributed by atoms with Crippen molar-refractivity contribution in [3.63, 3.8) is 0 Å². The number of carbonyl (C=O) groups is 1. The molecule has 0 aliphatic rings. The first-order valence-electron chi connectivity index (χ1n) is 10.6. The minimum Gasteiger partial charge on any atom is -0.480 e. The van der Waals surface area contributed by atoms with Crippen molar-refractivity contribution in [2.75, 3.05) is 33.0 Å². The molecule has 13 heteroatoms. The van der Waals surface area contributed by atoms with Crippen LogP contribution in [0, 0.1) is 0 Å². The van der Waals surface area contributed by atoms with Crippen LogP contribution in [0.5, 0.6) is 6.01 Å². The Labute approximate surface area is 197 Å². The van der Waals surface area contributed by atoms with Crippen LogP contribution in [-0.2, 0) is 20.8 Å². The predicted octanol–water partition coefficient (Wildman–Crippen LogP) is 2.65. The maximum Gasteiger partial charge on any atom is 0.329 e. The van der Waals surface area contributed by atoms with Gasteiger partial charge in [0.05, 0.1) is 25.5 Å². The van der Waals surface area contributed by atoms with Gasteiger partial charge in [0, 0.05) is 41.3 Å². The second kappa shape index (κ2) is 11.4. The second-order valence-corrected chi connectivity index (χ2v) is 7.28. The van der Waals surface area contributed by atoms with Crippen molar-refractivity contribution in [1.82, 2.24) is 29.7 Å². The summed E-state index contributed by atoms with van der Waals surface area (Å²) < 4.78 is 43.0. The monoisotopic (exact) mass is 488 g/mol. The van der Waals surface area contributed by atoms with Gasteiger partial charge in [0.15, 0.2) is 0 Å². The van der Waals surface area contributed by atoms with Crippen LogP contribution in [-0.4, -0.2) is 80.3 Å². The number of nitrogens with zero attached hydrogens (tertiary/aromatic N) is 5. The fourth-order valence-electron chi connectivity index (χ4n) is 3.26. The number of carboxylic acids is 1. The van der Waals surface area contributed by atoms with Crippen molar-refractivity contribution in [2.24, 2.45) is 0 Å². The molecule has 0 atom stereocenters. The van der Waals surface area contributed by atoms with E-state index in [-0.39, 0.29) is 39.0 Å². The smallest absolute Gasteiger partial charge is 0.329 e. The normalized spacial score (nSPS) is 11.4. The number of aliphatic carboxylic acids is 1. The van der Waals surface area contributed by atoms with E-state index < -0.39 is 18.9 Å². The Morgan fingerprint density at radius 2 is 1.97 bits per heavy atom. The summed E-state index contributed by atoms with van der Waals surface area (Å²) in [5.74, 6) is -1.05. The van der Waals surface area contributed by atoms with Crippen molar-refractivity contribution in [3.8, 4) is 28.5 Å². The Morgan fingerprint density at radius 3 is 2.80 bits per heavy atom. The van der Waals surface area contributed by atoms with Crippen LogP contribution < -0.4 is 4.74 Å². The van der Waals surface area contributed by atoms with Crippen molar-refractivity contribution < 1.29 is 32.9 Å². The molecule has 35 heavy (non-hydrogen) atoms. The lowest BCUT2D eigenvalue weighted by atomic mass is 10.1. The first-order valence-corrected chi connectivity index (χ1v) is 10.6. The van der Waals surface area contributed by atoms with Crippen molar-refractivity contribution >= 4 is 17.0 Å². The molecule has 0 aliphatic heterocycles. The molecule has 0 saturated carbocycles. The Bertz CT molecular complexity index is 1280. The maximum absolute atomic E-state index is 13.0. The average molecular weight is 488 g/mol. The van der Waals surface area contributed by atoms with E-state index in [0.29, 0.717) is 28.2 Å². The van der Waals surface area contributed by atoms with E-state index in [4.69, 9.17) is 19.3 Å². The fraction of sp³-hybridized carbons (Fsp3) is 0.318. The molecule has 0 aromatic carbocycles. The van der Waals surface area contributed by atoms with Crippen molar-refractivity contribution in [2.45, 2.75) is 13.0 Å². The highest BCUT2D eigenvalue weighted by atomic mass is 19.3. The summed E-state index contributed by atoms with van der Waals surface area (Å²) in [6.45, 7) is -0.227.